The number of ether oxygens (including phenoxy) is 1. The minimum absolute atomic E-state index is 0.0887. The van der Waals surface area contributed by atoms with Gasteiger partial charge in [0.05, 0.1) is 11.1 Å². The third kappa shape index (κ3) is 4.09. The van der Waals surface area contributed by atoms with Crippen LogP contribution in [-0.2, 0) is 23.6 Å². The molecule has 0 saturated carbocycles. The Labute approximate surface area is 188 Å². The van der Waals surface area contributed by atoms with Gasteiger partial charge in [0, 0.05) is 14.1 Å². The van der Waals surface area contributed by atoms with Crippen molar-refractivity contribution in [2.75, 3.05) is 12.3 Å². The fourth-order valence-corrected chi connectivity index (χ4v) is 3.67. The zero-order valence-electron chi connectivity index (χ0n) is 18.7. The lowest BCUT2D eigenvalue weighted by Gasteiger charge is -2.25. The standard InChI is InChI=1S/C22H24N4O7/c1-11(2)9-14(26-18(28)12-7-5-6-8-13(12)19(26)29)21(31)33-10-15(27)16-17(23)24(3)22(32)25(4)20(16)30/h5-8,11,14H,9-10,23H2,1-4H3/t14-/m1/s1. The number of rotatable bonds is 7. The Morgan fingerprint density at radius 1 is 0.970 bits per heavy atom. The minimum Gasteiger partial charge on any atom is -0.456 e. The van der Waals surface area contributed by atoms with E-state index in [1.807, 2.05) is 0 Å². The number of hydrogen-bond acceptors (Lipinski definition) is 8. The van der Waals surface area contributed by atoms with Crippen molar-refractivity contribution >= 4 is 29.4 Å². The normalized spacial score (nSPS) is 13.9. The molecule has 0 saturated heterocycles. The molecule has 1 aliphatic heterocycles. The first-order chi connectivity index (χ1) is 15.5. The minimum atomic E-state index is -1.26. The summed E-state index contributed by atoms with van der Waals surface area (Å²) in [4.78, 5) is 76.3. The molecule has 2 aromatic rings. The fourth-order valence-electron chi connectivity index (χ4n) is 3.67. The molecule has 2 amide bonds. The van der Waals surface area contributed by atoms with Crippen molar-refractivity contribution in [1.82, 2.24) is 14.0 Å². The van der Waals surface area contributed by atoms with Crippen molar-refractivity contribution in [2.24, 2.45) is 20.0 Å². The number of Topliss-reactive ketones (excluding diaryl/α,β-unsaturated/α-hetero) is 1. The first-order valence-corrected chi connectivity index (χ1v) is 10.2. The Morgan fingerprint density at radius 3 is 2.03 bits per heavy atom. The number of nitrogens with two attached hydrogens (primary N) is 1. The molecule has 0 unspecified atom stereocenters. The molecule has 1 aliphatic rings. The zero-order chi connectivity index (χ0) is 24.6. The molecule has 33 heavy (non-hydrogen) atoms. The van der Waals surface area contributed by atoms with Crippen LogP contribution in [0.15, 0.2) is 33.9 Å². The molecule has 2 heterocycles. The second kappa shape index (κ2) is 8.85. The van der Waals surface area contributed by atoms with Crippen LogP contribution >= 0.6 is 0 Å². The number of imide groups is 1. The summed E-state index contributed by atoms with van der Waals surface area (Å²) in [6.45, 7) is 2.76. The van der Waals surface area contributed by atoms with E-state index in [1.54, 1.807) is 26.0 Å². The Kier molecular flexibility index (Phi) is 6.34. The Hall–Kier alpha value is -4.02. The number of esters is 1. The van der Waals surface area contributed by atoms with Gasteiger partial charge >= 0.3 is 11.7 Å². The first kappa shape index (κ1) is 23.6. The van der Waals surface area contributed by atoms with Gasteiger partial charge in [-0.2, -0.15) is 0 Å². The number of hydrogen-bond donors (Lipinski definition) is 1. The quantitative estimate of drug-likeness (QED) is 0.350. The number of carbonyl (C=O) groups excluding carboxylic acids is 4. The van der Waals surface area contributed by atoms with Gasteiger partial charge in [0.2, 0.25) is 5.78 Å². The number of nitrogens with zero attached hydrogens (tertiary/aromatic N) is 3. The fraction of sp³-hybridized carbons (Fsp3) is 0.364. The van der Waals surface area contributed by atoms with Gasteiger partial charge in [0.15, 0.2) is 6.61 Å². The SMILES string of the molecule is CC(C)C[C@H](C(=O)OCC(=O)c1c(N)n(C)c(=O)n(C)c1=O)N1C(=O)c2ccccc2C1=O. The van der Waals surface area contributed by atoms with E-state index in [0.29, 0.717) is 4.57 Å². The molecule has 3 rings (SSSR count). The Morgan fingerprint density at radius 2 is 1.52 bits per heavy atom. The summed E-state index contributed by atoms with van der Waals surface area (Å²) in [5, 5.41) is 0. The van der Waals surface area contributed by atoms with Crippen LogP contribution in [0.2, 0.25) is 0 Å². The summed E-state index contributed by atoms with van der Waals surface area (Å²) < 4.78 is 6.76. The van der Waals surface area contributed by atoms with Crippen molar-refractivity contribution in [3.05, 3.63) is 61.8 Å². The lowest BCUT2D eigenvalue weighted by molar-refractivity contribution is -0.147. The predicted molar refractivity (Wildman–Crippen MR) is 117 cm³/mol. The van der Waals surface area contributed by atoms with Crippen LogP contribution in [0, 0.1) is 5.92 Å². The Balaban J connectivity index is 1.85. The van der Waals surface area contributed by atoms with Gasteiger partial charge in [-0.3, -0.25) is 33.2 Å². The second-order valence-corrected chi connectivity index (χ2v) is 8.17. The summed E-state index contributed by atoms with van der Waals surface area (Å²) in [6, 6.07) is 4.95. The van der Waals surface area contributed by atoms with E-state index in [4.69, 9.17) is 10.5 Å². The number of ketones is 1. The third-order valence-corrected chi connectivity index (χ3v) is 5.44. The predicted octanol–water partition coefficient (Wildman–Crippen LogP) is 0.103. The lowest BCUT2D eigenvalue weighted by Crippen LogP contribution is -2.47. The van der Waals surface area contributed by atoms with Gasteiger partial charge in [-0.15, -0.1) is 0 Å². The van der Waals surface area contributed by atoms with E-state index in [-0.39, 0.29) is 29.3 Å². The van der Waals surface area contributed by atoms with Crippen LogP contribution in [0.3, 0.4) is 0 Å². The van der Waals surface area contributed by atoms with E-state index < -0.39 is 53.0 Å². The molecule has 0 aliphatic carbocycles. The summed E-state index contributed by atoms with van der Waals surface area (Å²) in [5.41, 5.74) is 4.00. The molecule has 11 nitrogen and oxygen atoms in total. The molecule has 0 radical (unpaired) electrons. The van der Waals surface area contributed by atoms with Crippen molar-refractivity contribution in [2.45, 2.75) is 26.3 Å². The highest BCUT2D eigenvalue weighted by molar-refractivity contribution is 6.22. The third-order valence-electron chi connectivity index (χ3n) is 5.44. The molecule has 174 valence electrons. The monoisotopic (exact) mass is 456 g/mol. The summed E-state index contributed by atoms with van der Waals surface area (Å²) in [6.07, 6.45) is 0.113. The Bertz CT molecular complexity index is 1250. The maximum atomic E-state index is 12.9. The molecule has 0 bridgehead atoms. The van der Waals surface area contributed by atoms with Crippen LogP contribution < -0.4 is 17.0 Å². The topological polar surface area (TPSA) is 151 Å². The highest BCUT2D eigenvalue weighted by atomic mass is 16.5. The van der Waals surface area contributed by atoms with Gasteiger partial charge in [-0.05, 0) is 24.5 Å². The molecular weight excluding hydrogens is 432 g/mol. The van der Waals surface area contributed by atoms with Crippen molar-refractivity contribution in [3.63, 3.8) is 0 Å². The van der Waals surface area contributed by atoms with Gasteiger partial charge in [-0.25, -0.2) is 9.59 Å². The molecule has 1 aromatic carbocycles. The average Bonchev–Trinajstić information content (AvgIpc) is 3.03. The van der Waals surface area contributed by atoms with Gasteiger partial charge in [0.1, 0.15) is 17.4 Å². The summed E-state index contributed by atoms with van der Waals surface area (Å²) in [7, 11) is 2.48. The highest BCUT2D eigenvalue weighted by Crippen LogP contribution is 2.27. The second-order valence-electron chi connectivity index (χ2n) is 8.17. The first-order valence-electron chi connectivity index (χ1n) is 10.2. The van der Waals surface area contributed by atoms with Crippen molar-refractivity contribution in [3.8, 4) is 0 Å². The van der Waals surface area contributed by atoms with Gasteiger partial charge in [-0.1, -0.05) is 26.0 Å². The van der Waals surface area contributed by atoms with E-state index in [0.717, 1.165) is 9.47 Å². The number of anilines is 1. The van der Waals surface area contributed by atoms with E-state index in [9.17, 15) is 28.8 Å². The highest BCUT2D eigenvalue weighted by Gasteiger charge is 2.43. The number of amides is 2. The van der Waals surface area contributed by atoms with E-state index in [1.165, 1.54) is 26.2 Å². The van der Waals surface area contributed by atoms with E-state index >= 15 is 0 Å². The maximum Gasteiger partial charge on any atom is 0.332 e. The van der Waals surface area contributed by atoms with Crippen LogP contribution in [-0.4, -0.2) is 50.2 Å². The zero-order valence-corrected chi connectivity index (χ0v) is 18.7. The number of carbonyl (C=O) groups is 4. The van der Waals surface area contributed by atoms with Crippen LogP contribution in [0.1, 0.15) is 51.3 Å². The molecule has 11 heteroatoms. The molecule has 1 aromatic heterocycles. The number of benzene rings is 1. The number of aromatic nitrogens is 2. The van der Waals surface area contributed by atoms with Gasteiger partial charge in [0.25, 0.3) is 17.4 Å². The lowest BCUT2D eigenvalue weighted by atomic mass is 10.0. The van der Waals surface area contributed by atoms with Crippen molar-refractivity contribution < 1.29 is 23.9 Å². The summed E-state index contributed by atoms with van der Waals surface area (Å²) >= 11 is 0. The van der Waals surface area contributed by atoms with Crippen LogP contribution in [0.5, 0.6) is 0 Å². The average molecular weight is 456 g/mol. The van der Waals surface area contributed by atoms with Crippen molar-refractivity contribution in [1.29, 1.82) is 0 Å². The molecule has 0 fully saturated rings. The molecule has 2 N–H and O–H groups in total. The molecule has 1 atom stereocenters. The number of nitrogen functional groups attached to an aromatic ring is 1. The molecule has 0 spiro atoms. The van der Waals surface area contributed by atoms with E-state index in [2.05, 4.69) is 0 Å². The molecular formula is C22H24N4O7. The maximum absolute atomic E-state index is 12.9. The van der Waals surface area contributed by atoms with Crippen LogP contribution in [0.25, 0.3) is 0 Å². The smallest absolute Gasteiger partial charge is 0.332 e. The summed E-state index contributed by atoms with van der Waals surface area (Å²) in [5.74, 6) is -3.58. The van der Waals surface area contributed by atoms with Gasteiger partial charge < -0.3 is 10.5 Å². The van der Waals surface area contributed by atoms with Crippen LogP contribution in [0.4, 0.5) is 5.82 Å². The number of fused-ring (bicyclic) bond motifs is 1. The largest absolute Gasteiger partial charge is 0.456 e.